The highest BCUT2D eigenvalue weighted by atomic mass is 19.4. The molecule has 0 radical (unpaired) electrons. The number of benzene rings is 3. The number of hydrogen-bond donors (Lipinski definition) is 1. The van der Waals surface area contributed by atoms with Gasteiger partial charge in [-0.05, 0) is 43.3 Å². The molecule has 1 N–H and O–H groups in total. The fourth-order valence-corrected chi connectivity index (χ4v) is 3.85. The zero-order chi connectivity index (χ0) is 29.6. The van der Waals surface area contributed by atoms with Crippen molar-refractivity contribution < 1.29 is 49.6 Å². The predicted molar refractivity (Wildman–Crippen MR) is 127 cm³/mol. The third-order valence-electron chi connectivity index (χ3n) is 5.92. The molecule has 4 rings (SSSR count). The van der Waals surface area contributed by atoms with Crippen molar-refractivity contribution in [1.29, 1.82) is 0 Å². The van der Waals surface area contributed by atoms with E-state index in [1.54, 1.807) is 0 Å². The van der Waals surface area contributed by atoms with Crippen LogP contribution in [0.4, 0.5) is 42.1 Å². The van der Waals surface area contributed by atoms with Gasteiger partial charge in [0, 0.05) is 28.4 Å². The lowest BCUT2D eigenvalue weighted by atomic mass is 9.94. The summed E-state index contributed by atoms with van der Waals surface area (Å²) in [6.45, 7) is 1.50. The lowest BCUT2D eigenvalue weighted by Gasteiger charge is -2.30. The van der Waals surface area contributed by atoms with Crippen molar-refractivity contribution in [3.05, 3.63) is 81.4 Å². The van der Waals surface area contributed by atoms with Crippen LogP contribution in [-0.4, -0.2) is 35.3 Å². The molecule has 0 saturated heterocycles. The molecule has 0 aliphatic heterocycles. The van der Waals surface area contributed by atoms with Crippen LogP contribution in [0.2, 0.25) is 0 Å². The first kappa shape index (κ1) is 28.3. The SMILES string of the molecule is COc1ccc(NC(=O)c2ccc(C)c([N+](=O)[O-])c2)cc1-c1nc2ccc(C(F)(C(F)(F)F)C(F)(F)F)cc2o1. The zero-order valence-corrected chi connectivity index (χ0v) is 20.3. The molecule has 0 spiro atoms. The van der Waals surface area contributed by atoms with E-state index in [1.165, 1.54) is 44.4 Å². The molecule has 4 aromatic rings. The number of nitro groups is 1. The summed E-state index contributed by atoms with van der Waals surface area (Å²) >= 11 is 0. The van der Waals surface area contributed by atoms with Gasteiger partial charge in [0.05, 0.1) is 17.6 Å². The summed E-state index contributed by atoms with van der Waals surface area (Å²) in [6.07, 6.45) is -12.6. The number of rotatable bonds is 6. The highest BCUT2D eigenvalue weighted by Gasteiger charge is 2.73. The van der Waals surface area contributed by atoms with E-state index < -0.39 is 40.0 Å². The fraction of sp³-hybridized carbons (Fsp3) is 0.200. The number of carbonyl (C=O) groups excluding carboxylic acids is 1. The number of aryl methyl sites for hydroxylation is 1. The van der Waals surface area contributed by atoms with Gasteiger partial charge in [-0.15, -0.1) is 0 Å². The number of halogens is 7. The monoisotopic (exact) mass is 571 g/mol. The van der Waals surface area contributed by atoms with Crippen molar-refractivity contribution in [3.8, 4) is 17.2 Å². The predicted octanol–water partition coefficient (Wildman–Crippen LogP) is 7.26. The van der Waals surface area contributed by atoms with E-state index in [0.29, 0.717) is 11.6 Å². The highest BCUT2D eigenvalue weighted by Crippen LogP contribution is 2.53. The van der Waals surface area contributed by atoms with E-state index >= 15 is 0 Å². The summed E-state index contributed by atoms with van der Waals surface area (Å²) in [6, 6.07) is 9.20. The highest BCUT2D eigenvalue weighted by molar-refractivity contribution is 6.05. The van der Waals surface area contributed by atoms with E-state index in [9.17, 15) is 45.6 Å². The minimum absolute atomic E-state index is 0.0334. The maximum atomic E-state index is 14.5. The molecule has 8 nitrogen and oxygen atoms in total. The van der Waals surface area contributed by atoms with Crippen LogP contribution in [0.5, 0.6) is 5.75 Å². The number of methoxy groups -OCH3 is 1. The van der Waals surface area contributed by atoms with Crippen LogP contribution in [0.1, 0.15) is 21.5 Å². The molecule has 1 heterocycles. The van der Waals surface area contributed by atoms with Crippen molar-refractivity contribution in [3.63, 3.8) is 0 Å². The molecular weight excluding hydrogens is 555 g/mol. The Morgan fingerprint density at radius 2 is 1.65 bits per heavy atom. The van der Waals surface area contributed by atoms with Gasteiger partial charge in [0.15, 0.2) is 5.58 Å². The Bertz CT molecular complexity index is 1620. The van der Waals surface area contributed by atoms with Crippen molar-refractivity contribution >= 4 is 28.4 Å². The van der Waals surface area contributed by atoms with Gasteiger partial charge in [-0.25, -0.2) is 9.37 Å². The Labute approximate surface area is 219 Å². The minimum Gasteiger partial charge on any atom is -0.496 e. The molecule has 15 heteroatoms. The van der Waals surface area contributed by atoms with E-state index in [1.807, 2.05) is 0 Å². The molecule has 0 unspecified atom stereocenters. The molecule has 0 bridgehead atoms. The molecule has 3 aromatic carbocycles. The molecule has 0 atom stereocenters. The summed E-state index contributed by atoms with van der Waals surface area (Å²) in [7, 11) is 1.26. The van der Waals surface area contributed by atoms with E-state index in [-0.39, 0.29) is 45.7 Å². The molecule has 0 aliphatic rings. The fourth-order valence-electron chi connectivity index (χ4n) is 3.85. The van der Waals surface area contributed by atoms with Gasteiger partial charge in [0.2, 0.25) is 5.89 Å². The summed E-state index contributed by atoms with van der Waals surface area (Å²) < 4.78 is 104. The van der Waals surface area contributed by atoms with Gasteiger partial charge in [-0.3, -0.25) is 14.9 Å². The maximum absolute atomic E-state index is 14.5. The van der Waals surface area contributed by atoms with Gasteiger partial charge in [-0.2, -0.15) is 26.3 Å². The topological polar surface area (TPSA) is 108 Å². The first-order valence-corrected chi connectivity index (χ1v) is 11.0. The number of alkyl halides is 7. The Morgan fingerprint density at radius 1 is 0.975 bits per heavy atom. The number of oxazole rings is 1. The maximum Gasteiger partial charge on any atom is 0.435 e. The van der Waals surface area contributed by atoms with E-state index in [2.05, 4.69) is 10.3 Å². The van der Waals surface area contributed by atoms with Gasteiger partial charge >= 0.3 is 18.0 Å². The summed E-state index contributed by atoms with van der Waals surface area (Å²) in [5.41, 5.74) is -8.00. The zero-order valence-electron chi connectivity index (χ0n) is 20.3. The summed E-state index contributed by atoms with van der Waals surface area (Å²) in [4.78, 5) is 27.3. The van der Waals surface area contributed by atoms with Crippen LogP contribution in [0.3, 0.4) is 0 Å². The number of fused-ring (bicyclic) bond motifs is 1. The van der Waals surface area contributed by atoms with Gasteiger partial charge in [-0.1, -0.05) is 12.1 Å². The van der Waals surface area contributed by atoms with Gasteiger partial charge in [0.25, 0.3) is 11.6 Å². The second kappa shape index (κ2) is 9.81. The number of carbonyl (C=O) groups is 1. The van der Waals surface area contributed by atoms with Crippen LogP contribution >= 0.6 is 0 Å². The third kappa shape index (κ3) is 4.89. The Hall–Kier alpha value is -4.69. The van der Waals surface area contributed by atoms with Gasteiger partial charge < -0.3 is 14.5 Å². The number of ether oxygens (including phenoxy) is 1. The number of anilines is 1. The molecule has 40 heavy (non-hydrogen) atoms. The average Bonchev–Trinajstić information content (AvgIpc) is 3.30. The second-order valence-electron chi connectivity index (χ2n) is 8.48. The van der Waals surface area contributed by atoms with E-state index in [0.717, 1.165) is 12.1 Å². The standard InChI is InChI=1S/C25H16F7N3O5/c1-12-3-4-13(9-18(12)35(37)38)21(36)33-15-6-8-19(39-2)16(11-15)22-34-17-7-5-14(10-20(17)40-22)23(26,24(27,28)29)25(30,31)32/h3-11H,1-2H3,(H,33,36). The van der Waals surface area contributed by atoms with Crippen LogP contribution < -0.4 is 10.1 Å². The Kier molecular flexibility index (Phi) is 6.94. The van der Waals surface area contributed by atoms with Crippen LogP contribution in [0.15, 0.2) is 59.0 Å². The molecular formula is C25H16F7N3O5. The molecule has 0 fully saturated rings. The molecule has 1 aromatic heterocycles. The second-order valence-corrected chi connectivity index (χ2v) is 8.48. The average molecular weight is 571 g/mol. The number of aromatic nitrogens is 1. The number of amides is 1. The van der Waals surface area contributed by atoms with Crippen LogP contribution in [0.25, 0.3) is 22.6 Å². The van der Waals surface area contributed by atoms with Crippen molar-refractivity contribution in [1.82, 2.24) is 4.98 Å². The quantitative estimate of drug-likeness (QED) is 0.148. The van der Waals surface area contributed by atoms with Crippen molar-refractivity contribution in [2.45, 2.75) is 24.9 Å². The van der Waals surface area contributed by atoms with E-state index in [4.69, 9.17) is 9.15 Å². The minimum atomic E-state index is -6.31. The normalized spacial score (nSPS) is 12.4. The lowest BCUT2D eigenvalue weighted by Crippen LogP contribution is -2.50. The number of nitrogens with one attached hydrogen (secondary N) is 1. The first-order chi connectivity index (χ1) is 18.6. The molecule has 1 amide bonds. The largest absolute Gasteiger partial charge is 0.496 e. The van der Waals surface area contributed by atoms with Gasteiger partial charge in [0.1, 0.15) is 11.3 Å². The Morgan fingerprint density at radius 3 is 2.25 bits per heavy atom. The van der Waals surface area contributed by atoms with Crippen LogP contribution in [0, 0.1) is 17.0 Å². The lowest BCUT2D eigenvalue weighted by molar-refractivity contribution is -0.385. The molecule has 0 saturated carbocycles. The smallest absolute Gasteiger partial charge is 0.435 e. The molecule has 0 aliphatic carbocycles. The number of hydrogen-bond acceptors (Lipinski definition) is 6. The van der Waals surface area contributed by atoms with Crippen molar-refractivity contribution in [2.75, 3.05) is 12.4 Å². The third-order valence-corrected chi connectivity index (χ3v) is 5.92. The van der Waals surface area contributed by atoms with Crippen LogP contribution in [-0.2, 0) is 5.67 Å². The summed E-state index contributed by atoms with van der Waals surface area (Å²) in [5.74, 6) is -0.948. The molecule has 210 valence electrons. The number of nitrogens with zero attached hydrogens (tertiary/aromatic N) is 2. The first-order valence-electron chi connectivity index (χ1n) is 11.0. The van der Waals surface area contributed by atoms with Crippen molar-refractivity contribution in [2.24, 2.45) is 0 Å². The number of nitro benzene ring substituents is 1. The Balaban J connectivity index is 1.72. The summed E-state index contributed by atoms with van der Waals surface area (Å²) in [5, 5.41) is 13.7.